The van der Waals surface area contributed by atoms with Gasteiger partial charge >= 0.3 is 0 Å². The molecule has 1 unspecified atom stereocenters. The molecule has 0 fully saturated rings. The second-order valence-electron chi connectivity index (χ2n) is 4.32. The van der Waals surface area contributed by atoms with Crippen LogP contribution >= 0.6 is 0 Å². The first-order valence-electron chi connectivity index (χ1n) is 6.81. The minimum Gasteiger partial charge on any atom is -0.483 e. The summed E-state index contributed by atoms with van der Waals surface area (Å²) in [4.78, 5) is 13.6. The van der Waals surface area contributed by atoms with Crippen LogP contribution in [0, 0.1) is 0 Å². The van der Waals surface area contributed by atoms with Crippen molar-refractivity contribution in [2.75, 3.05) is 19.7 Å². The third-order valence-electron chi connectivity index (χ3n) is 3.13. The molecule has 1 aromatic rings. The fourth-order valence-corrected chi connectivity index (χ4v) is 1.91. The number of aliphatic hydroxyl groups excluding tert-OH is 1. The highest BCUT2D eigenvalue weighted by atomic mass is 16.5. The molecule has 19 heavy (non-hydrogen) atoms. The number of rotatable bonds is 7. The summed E-state index contributed by atoms with van der Waals surface area (Å²) in [6.07, 6.45) is 0.0597. The summed E-state index contributed by atoms with van der Waals surface area (Å²) in [5.41, 5.74) is 0.734. The monoisotopic (exact) mass is 265 g/mol. The molecular formula is C15H23NO3. The molecule has 0 bridgehead atoms. The van der Waals surface area contributed by atoms with Crippen LogP contribution < -0.4 is 4.74 Å². The van der Waals surface area contributed by atoms with Gasteiger partial charge in [-0.2, -0.15) is 0 Å². The number of hydrogen-bond acceptors (Lipinski definition) is 3. The second-order valence-corrected chi connectivity index (χ2v) is 4.32. The first-order valence-corrected chi connectivity index (χ1v) is 6.81. The number of carbonyl (C=O) groups excluding carboxylic acids is 1. The van der Waals surface area contributed by atoms with E-state index in [1.54, 1.807) is 11.0 Å². The summed E-state index contributed by atoms with van der Waals surface area (Å²) in [6.45, 7) is 7.15. The third kappa shape index (κ3) is 4.24. The van der Waals surface area contributed by atoms with E-state index in [1.807, 2.05) is 39.0 Å². The zero-order valence-electron chi connectivity index (χ0n) is 11.9. The van der Waals surface area contributed by atoms with E-state index in [-0.39, 0.29) is 12.5 Å². The smallest absolute Gasteiger partial charge is 0.260 e. The summed E-state index contributed by atoms with van der Waals surface area (Å²) in [5.74, 6) is 0.545. The van der Waals surface area contributed by atoms with Crippen molar-refractivity contribution in [3.05, 3.63) is 29.8 Å². The molecule has 106 valence electrons. The Labute approximate surface area is 115 Å². The number of benzene rings is 1. The van der Waals surface area contributed by atoms with Crippen molar-refractivity contribution in [2.45, 2.75) is 33.3 Å². The molecule has 1 rings (SSSR count). The van der Waals surface area contributed by atoms with Crippen molar-refractivity contribution in [1.82, 2.24) is 4.90 Å². The highest BCUT2D eigenvalue weighted by Crippen LogP contribution is 2.26. The zero-order valence-corrected chi connectivity index (χ0v) is 11.9. The van der Waals surface area contributed by atoms with Gasteiger partial charge in [0.25, 0.3) is 5.91 Å². The molecule has 1 N–H and O–H groups in total. The number of para-hydroxylation sites is 1. The van der Waals surface area contributed by atoms with E-state index in [1.165, 1.54) is 0 Å². The van der Waals surface area contributed by atoms with Crippen LogP contribution in [-0.2, 0) is 4.79 Å². The first-order chi connectivity index (χ1) is 9.13. The van der Waals surface area contributed by atoms with Crippen LogP contribution in [0.2, 0.25) is 0 Å². The van der Waals surface area contributed by atoms with Gasteiger partial charge < -0.3 is 14.7 Å². The minimum atomic E-state index is -0.556. The van der Waals surface area contributed by atoms with Gasteiger partial charge in [-0.05, 0) is 26.3 Å². The maximum absolute atomic E-state index is 11.9. The highest BCUT2D eigenvalue weighted by Gasteiger charge is 2.14. The van der Waals surface area contributed by atoms with Crippen molar-refractivity contribution in [3.63, 3.8) is 0 Å². The number of aliphatic hydroxyl groups is 1. The molecule has 0 saturated carbocycles. The largest absolute Gasteiger partial charge is 0.483 e. The predicted octanol–water partition coefficient (Wildman–Crippen LogP) is 2.38. The zero-order chi connectivity index (χ0) is 14.3. The number of ether oxygens (including phenoxy) is 1. The molecule has 1 aromatic carbocycles. The molecule has 0 radical (unpaired) electrons. The molecule has 4 heteroatoms. The number of carbonyl (C=O) groups is 1. The van der Waals surface area contributed by atoms with Gasteiger partial charge in [-0.1, -0.05) is 25.1 Å². The standard InChI is InChI=1S/C15H23NO3/c1-4-13(17)12-9-7-8-10-14(12)19-11-15(18)16(5-2)6-3/h7-10,13,17H,4-6,11H2,1-3H3. The van der Waals surface area contributed by atoms with E-state index >= 15 is 0 Å². The average Bonchev–Trinajstić information content (AvgIpc) is 2.45. The molecule has 0 saturated heterocycles. The second kappa shape index (κ2) is 7.79. The van der Waals surface area contributed by atoms with Crippen LogP contribution in [0.15, 0.2) is 24.3 Å². The van der Waals surface area contributed by atoms with Gasteiger partial charge in [-0.3, -0.25) is 4.79 Å². The van der Waals surface area contributed by atoms with Crippen LogP contribution in [0.4, 0.5) is 0 Å². The van der Waals surface area contributed by atoms with E-state index in [2.05, 4.69) is 0 Å². The number of nitrogens with zero attached hydrogens (tertiary/aromatic N) is 1. The molecule has 0 aromatic heterocycles. The van der Waals surface area contributed by atoms with Crippen LogP contribution in [0.3, 0.4) is 0 Å². The van der Waals surface area contributed by atoms with E-state index in [9.17, 15) is 9.90 Å². The van der Waals surface area contributed by atoms with Crippen LogP contribution in [0.5, 0.6) is 5.75 Å². The van der Waals surface area contributed by atoms with Crippen molar-refractivity contribution in [1.29, 1.82) is 0 Å². The third-order valence-corrected chi connectivity index (χ3v) is 3.13. The minimum absolute atomic E-state index is 0.00906. The lowest BCUT2D eigenvalue weighted by molar-refractivity contribution is -0.133. The average molecular weight is 265 g/mol. The van der Waals surface area contributed by atoms with Crippen LogP contribution in [0.25, 0.3) is 0 Å². The lowest BCUT2D eigenvalue weighted by Gasteiger charge is -2.20. The van der Waals surface area contributed by atoms with E-state index in [4.69, 9.17) is 4.74 Å². The van der Waals surface area contributed by atoms with Gasteiger partial charge in [-0.25, -0.2) is 0 Å². The van der Waals surface area contributed by atoms with E-state index in [0.717, 1.165) is 5.56 Å². The molecule has 4 nitrogen and oxygen atoms in total. The van der Waals surface area contributed by atoms with Crippen LogP contribution in [0.1, 0.15) is 38.9 Å². The van der Waals surface area contributed by atoms with Crippen molar-refractivity contribution in [2.24, 2.45) is 0 Å². The predicted molar refractivity (Wildman–Crippen MR) is 75.1 cm³/mol. The van der Waals surface area contributed by atoms with Crippen molar-refractivity contribution in [3.8, 4) is 5.75 Å². The van der Waals surface area contributed by atoms with Gasteiger partial charge in [0.2, 0.25) is 0 Å². The SMILES string of the molecule is CCC(O)c1ccccc1OCC(=O)N(CC)CC. The topological polar surface area (TPSA) is 49.8 Å². The lowest BCUT2D eigenvalue weighted by Crippen LogP contribution is -2.34. The van der Waals surface area contributed by atoms with Crippen molar-refractivity contribution >= 4 is 5.91 Å². The summed E-state index contributed by atoms with van der Waals surface area (Å²) in [5, 5.41) is 9.90. The number of amides is 1. The Morgan fingerprint density at radius 2 is 1.89 bits per heavy atom. The molecule has 0 spiro atoms. The molecule has 0 aliphatic rings. The molecule has 0 aliphatic carbocycles. The number of likely N-dealkylation sites (N-methyl/N-ethyl adjacent to an activating group) is 1. The molecule has 0 aliphatic heterocycles. The summed E-state index contributed by atoms with van der Waals surface area (Å²) >= 11 is 0. The molecule has 1 atom stereocenters. The summed E-state index contributed by atoms with van der Waals surface area (Å²) < 4.78 is 5.56. The lowest BCUT2D eigenvalue weighted by atomic mass is 10.1. The van der Waals surface area contributed by atoms with Gasteiger partial charge in [-0.15, -0.1) is 0 Å². The van der Waals surface area contributed by atoms with Gasteiger partial charge in [0.05, 0.1) is 6.10 Å². The van der Waals surface area contributed by atoms with E-state index in [0.29, 0.717) is 25.3 Å². The van der Waals surface area contributed by atoms with Gasteiger partial charge in [0, 0.05) is 18.7 Å². The summed E-state index contributed by atoms with van der Waals surface area (Å²) in [7, 11) is 0. The Hall–Kier alpha value is -1.55. The Balaban J connectivity index is 2.70. The first kappa shape index (κ1) is 15.5. The fourth-order valence-electron chi connectivity index (χ4n) is 1.91. The molecule has 0 heterocycles. The highest BCUT2D eigenvalue weighted by molar-refractivity contribution is 5.77. The quantitative estimate of drug-likeness (QED) is 0.823. The Kier molecular flexibility index (Phi) is 6.36. The Bertz CT molecular complexity index is 402. The molecular weight excluding hydrogens is 242 g/mol. The van der Waals surface area contributed by atoms with Gasteiger partial charge in [0.1, 0.15) is 5.75 Å². The maximum Gasteiger partial charge on any atom is 0.260 e. The fraction of sp³-hybridized carbons (Fsp3) is 0.533. The van der Waals surface area contributed by atoms with E-state index < -0.39 is 6.10 Å². The van der Waals surface area contributed by atoms with Crippen LogP contribution in [-0.4, -0.2) is 35.6 Å². The maximum atomic E-state index is 11.9. The normalized spacial score (nSPS) is 12.0. The van der Waals surface area contributed by atoms with Gasteiger partial charge in [0.15, 0.2) is 6.61 Å². The Morgan fingerprint density at radius 3 is 2.47 bits per heavy atom. The molecule has 1 amide bonds. The summed E-state index contributed by atoms with van der Waals surface area (Å²) in [6, 6.07) is 7.30. The van der Waals surface area contributed by atoms with Crippen molar-refractivity contribution < 1.29 is 14.6 Å². The number of hydrogen-bond donors (Lipinski definition) is 1. The Morgan fingerprint density at radius 1 is 1.26 bits per heavy atom.